The Kier molecular flexibility index (Phi) is 3.42. The molecule has 0 N–H and O–H groups in total. The molecule has 0 unspecified atom stereocenters. The summed E-state index contributed by atoms with van der Waals surface area (Å²) in [6.07, 6.45) is -3.38. The highest BCUT2D eigenvalue weighted by atomic mass is 19.4. The minimum absolute atomic E-state index is 0.0623. The van der Waals surface area contributed by atoms with Gasteiger partial charge in [-0.2, -0.15) is 13.2 Å². The smallest absolute Gasteiger partial charge is 0.368 e. The maximum atomic E-state index is 12.3. The van der Waals surface area contributed by atoms with E-state index < -0.39 is 11.9 Å². The van der Waals surface area contributed by atoms with Crippen LogP contribution >= 0.6 is 0 Å². The van der Waals surface area contributed by atoms with E-state index in [0.29, 0.717) is 12.8 Å². The Morgan fingerprint density at radius 3 is 2.13 bits per heavy atom. The average Bonchev–Trinajstić information content (AvgIpc) is 2.15. The van der Waals surface area contributed by atoms with E-state index in [9.17, 15) is 18.0 Å². The van der Waals surface area contributed by atoms with Crippen LogP contribution in [0, 0.1) is 5.92 Å². The number of alkyl halides is 3. The van der Waals surface area contributed by atoms with Crippen LogP contribution in [0.15, 0.2) is 12.3 Å². The molecule has 0 aliphatic carbocycles. The van der Waals surface area contributed by atoms with Crippen molar-refractivity contribution >= 4 is 5.78 Å². The summed E-state index contributed by atoms with van der Waals surface area (Å²) < 4.78 is 36.8. The van der Waals surface area contributed by atoms with E-state index in [2.05, 4.69) is 6.58 Å². The summed E-state index contributed by atoms with van der Waals surface area (Å²) in [6, 6.07) is 0. The first-order valence-electron chi connectivity index (χ1n) is 4.84. The second-order valence-corrected chi connectivity index (χ2v) is 3.82. The molecule has 86 valence electrons. The number of rotatable bonds is 2. The van der Waals surface area contributed by atoms with Gasteiger partial charge in [-0.15, -0.1) is 0 Å². The van der Waals surface area contributed by atoms with E-state index in [0.717, 1.165) is 0 Å². The van der Waals surface area contributed by atoms with Crippen molar-refractivity contribution in [1.82, 2.24) is 4.90 Å². The molecule has 0 aromatic carbocycles. The summed E-state index contributed by atoms with van der Waals surface area (Å²) >= 11 is 0. The molecule has 1 aliphatic rings. The van der Waals surface area contributed by atoms with Crippen molar-refractivity contribution in [1.29, 1.82) is 0 Å². The number of Topliss-reactive ketones (excluding diaryl/α,β-unsaturated/α-hetero) is 1. The predicted octanol–water partition coefficient (Wildman–Crippen LogP) is 2.36. The molecular formula is C10H14F3NO. The molecule has 0 aromatic heterocycles. The highest BCUT2D eigenvalue weighted by Gasteiger charge is 2.37. The van der Waals surface area contributed by atoms with Gasteiger partial charge in [-0.25, -0.2) is 0 Å². The highest BCUT2D eigenvalue weighted by Crippen LogP contribution is 2.30. The summed E-state index contributed by atoms with van der Waals surface area (Å²) in [6.45, 7) is 5.05. The maximum Gasteiger partial charge on any atom is 0.430 e. The van der Waals surface area contributed by atoms with E-state index in [4.69, 9.17) is 0 Å². The molecule has 0 spiro atoms. The molecule has 0 radical (unpaired) electrons. The summed E-state index contributed by atoms with van der Waals surface area (Å²) in [4.78, 5) is 12.2. The lowest BCUT2D eigenvalue weighted by atomic mass is 9.93. The number of carbonyl (C=O) groups excluding carboxylic acids is 1. The molecule has 1 rings (SSSR count). The van der Waals surface area contributed by atoms with Crippen molar-refractivity contribution in [3.63, 3.8) is 0 Å². The van der Waals surface area contributed by atoms with Crippen LogP contribution in [0.5, 0.6) is 0 Å². The van der Waals surface area contributed by atoms with Crippen molar-refractivity contribution in [3.05, 3.63) is 12.3 Å². The number of allylic oxidation sites excluding steroid dienone is 1. The third-order valence-corrected chi connectivity index (χ3v) is 2.78. The van der Waals surface area contributed by atoms with Crippen LogP contribution < -0.4 is 0 Å². The largest absolute Gasteiger partial charge is 0.430 e. The Morgan fingerprint density at radius 2 is 1.80 bits per heavy atom. The second-order valence-electron chi connectivity index (χ2n) is 3.82. The van der Waals surface area contributed by atoms with Crippen molar-refractivity contribution in [3.8, 4) is 0 Å². The second kappa shape index (κ2) is 4.24. The maximum absolute atomic E-state index is 12.3. The lowest BCUT2D eigenvalue weighted by molar-refractivity contribution is -0.124. The molecule has 1 saturated heterocycles. The van der Waals surface area contributed by atoms with Crippen LogP contribution in [0.1, 0.15) is 19.8 Å². The van der Waals surface area contributed by atoms with Gasteiger partial charge in [0.15, 0.2) is 0 Å². The number of ketones is 1. The summed E-state index contributed by atoms with van der Waals surface area (Å²) in [7, 11) is 0. The Balaban J connectivity index is 2.51. The molecule has 1 fully saturated rings. The molecule has 0 saturated carbocycles. The monoisotopic (exact) mass is 221 g/mol. The van der Waals surface area contributed by atoms with Gasteiger partial charge in [0.25, 0.3) is 0 Å². The van der Waals surface area contributed by atoms with Gasteiger partial charge < -0.3 is 4.90 Å². The predicted molar refractivity (Wildman–Crippen MR) is 50.2 cm³/mol. The Morgan fingerprint density at radius 1 is 1.33 bits per heavy atom. The number of piperidine rings is 1. The molecular weight excluding hydrogens is 207 g/mol. The van der Waals surface area contributed by atoms with Gasteiger partial charge in [0.1, 0.15) is 11.5 Å². The topological polar surface area (TPSA) is 20.3 Å². The number of halogens is 3. The quantitative estimate of drug-likeness (QED) is 0.713. The average molecular weight is 221 g/mol. The molecule has 5 heteroatoms. The van der Waals surface area contributed by atoms with Gasteiger partial charge in [0, 0.05) is 19.0 Å². The lowest BCUT2D eigenvalue weighted by Crippen LogP contribution is -2.39. The SMILES string of the molecule is C=C(N1CCC(C(C)=O)CC1)C(F)(F)F. The van der Waals surface area contributed by atoms with Crippen LogP contribution in [-0.2, 0) is 4.79 Å². The summed E-state index contributed by atoms with van der Waals surface area (Å²) in [5.41, 5.74) is -0.801. The lowest BCUT2D eigenvalue weighted by Gasteiger charge is -2.34. The minimum Gasteiger partial charge on any atom is -0.368 e. The number of likely N-dealkylation sites (tertiary alicyclic amines) is 1. The molecule has 1 aliphatic heterocycles. The molecule has 0 amide bonds. The fourth-order valence-electron chi connectivity index (χ4n) is 1.74. The number of hydrogen-bond donors (Lipinski definition) is 0. The Labute approximate surface area is 86.7 Å². The fraction of sp³-hybridized carbons (Fsp3) is 0.700. The van der Waals surface area contributed by atoms with Gasteiger partial charge in [0.2, 0.25) is 0 Å². The van der Waals surface area contributed by atoms with Crippen LogP contribution in [-0.4, -0.2) is 29.9 Å². The van der Waals surface area contributed by atoms with Crippen LogP contribution in [0.2, 0.25) is 0 Å². The van der Waals surface area contributed by atoms with Gasteiger partial charge in [0.05, 0.1) is 0 Å². The molecule has 1 heterocycles. The third kappa shape index (κ3) is 2.97. The minimum atomic E-state index is -4.36. The summed E-state index contributed by atoms with van der Waals surface area (Å²) in [5.74, 6) is -0.0189. The fourth-order valence-corrected chi connectivity index (χ4v) is 1.74. The normalized spacial score (nSPS) is 19.1. The van der Waals surface area contributed by atoms with E-state index in [-0.39, 0.29) is 24.8 Å². The van der Waals surface area contributed by atoms with Gasteiger partial charge >= 0.3 is 6.18 Å². The first-order valence-corrected chi connectivity index (χ1v) is 4.84. The van der Waals surface area contributed by atoms with Gasteiger partial charge in [-0.3, -0.25) is 4.79 Å². The van der Waals surface area contributed by atoms with Crippen LogP contribution in [0.4, 0.5) is 13.2 Å². The van der Waals surface area contributed by atoms with E-state index in [1.165, 1.54) is 11.8 Å². The zero-order chi connectivity index (χ0) is 11.6. The van der Waals surface area contributed by atoms with Crippen LogP contribution in [0.3, 0.4) is 0 Å². The molecule has 15 heavy (non-hydrogen) atoms. The van der Waals surface area contributed by atoms with Crippen molar-refractivity contribution in [2.45, 2.75) is 25.9 Å². The van der Waals surface area contributed by atoms with E-state index in [1.807, 2.05) is 0 Å². The zero-order valence-corrected chi connectivity index (χ0v) is 8.60. The van der Waals surface area contributed by atoms with Gasteiger partial charge in [-0.1, -0.05) is 6.58 Å². The van der Waals surface area contributed by atoms with E-state index >= 15 is 0 Å². The Hall–Kier alpha value is -1.00. The van der Waals surface area contributed by atoms with Gasteiger partial charge in [-0.05, 0) is 19.8 Å². The first-order chi connectivity index (χ1) is 6.82. The highest BCUT2D eigenvalue weighted by molar-refractivity contribution is 5.78. The molecule has 0 atom stereocenters. The number of hydrogen-bond acceptors (Lipinski definition) is 2. The van der Waals surface area contributed by atoms with E-state index in [1.54, 1.807) is 0 Å². The molecule has 0 bridgehead atoms. The molecule has 2 nitrogen and oxygen atoms in total. The van der Waals surface area contributed by atoms with Crippen molar-refractivity contribution < 1.29 is 18.0 Å². The third-order valence-electron chi connectivity index (χ3n) is 2.78. The first kappa shape index (κ1) is 12.1. The molecule has 0 aromatic rings. The summed E-state index contributed by atoms with van der Waals surface area (Å²) in [5, 5.41) is 0. The Bertz CT molecular complexity index is 264. The standard InChI is InChI=1S/C10H14F3NO/c1-7(15)9-3-5-14(6-4-9)8(2)10(11,12)13/h9H,2-6H2,1H3. The number of nitrogens with zero attached hydrogens (tertiary/aromatic N) is 1. The van der Waals surface area contributed by atoms with Crippen molar-refractivity contribution in [2.75, 3.05) is 13.1 Å². The number of carbonyl (C=O) groups is 1. The zero-order valence-electron chi connectivity index (χ0n) is 8.60. The van der Waals surface area contributed by atoms with Crippen LogP contribution in [0.25, 0.3) is 0 Å². The van der Waals surface area contributed by atoms with Crippen molar-refractivity contribution in [2.24, 2.45) is 5.92 Å².